The molecular formula is C24H28Cl2F2O5. The fourth-order valence-corrected chi connectivity index (χ4v) is 8.82. The molecule has 0 aromatic heterocycles. The van der Waals surface area contributed by atoms with E-state index in [0.717, 1.165) is 6.08 Å². The molecule has 0 radical (unpaired) electrons. The third kappa shape index (κ3) is 2.78. The van der Waals surface area contributed by atoms with Crippen LogP contribution in [0.3, 0.4) is 0 Å². The molecule has 3 saturated carbocycles. The van der Waals surface area contributed by atoms with E-state index >= 15 is 4.39 Å². The van der Waals surface area contributed by atoms with Crippen LogP contribution in [0.1, 0.15) is 47.0 Å². The van der Waals surface area contributed by atoms with Gasteiger partial charge in [-0.3, -0.25) is 9.59 Å². The van der Waals surface area contributed by atoms with Crippen molar-refractivity contribution in [1.82, 2.24) is 0 Å². The molecule has 9 atom stereocenters. The van der Waals surface area contributed by atoms with E-state index in [1.807, 2.05) is 6.92 Å². The first-order chi connectivity index (χ1) is 15.2. The predicted octanol–water partition coefficient (Wildman–Crippen LogP) is 4.84. The van der Waals surface area contributed by atoms with Gasteiger partial charge in [0.05, 0.1) is 17.4 Å². The second-order valence-electron chi connectivity index (χ2n) is 10.4. The number of hydrogen-bond acceptors (Lipinski definition) is 5. The van der Waals surface area contributed by atoms with Crippen molar-refractivity contribution in [3.8, 4) is 0 Å². The zero-order valence-electron chi connectivity index (χ0n) is 19.2. The summed E-state index contributed by atoms with van der Waals surface area (Å²) in [5.74, 6) is -4.73. The van der Waals surface area contributed by atoms with Gasteiger partial charge in [0.15, 0.2) is 5.83 Å². The summed E-state index contributed by atoms with van der Waals surface area (Å²) in [6.07, 6.45) is 1.21. The highest BCUT2D eigenvalue weighted by Gasteiger charge is 2.78. The van der Waals surface area contributed by atoms with E-state index in [2.05, 4.69) is 0 Å². The minimum atomic E-state index is -1.75. The lowest BCUT2D eigenvalue weighted by molar-refractivity contribution is -0.207. The smallest absolute Gasteiger partial charge is 0.351 e. The topological polar surface area (TPSA) is 69.7 Å². The van der Waals surface area contributed by atoms with Crippen molar-refractivity contribution in [3.05, 3.63) is 23.6 Å². The standard InChI is InChI=1S/C24H28Cl2F2O5/c1-11-8-13-14-9-15(27)18-19(28)16(30)6-7-21(18,3)23(14,26)17(25)10-22(13,4)24(11,20(31)32-5)33-12(2)29/h6-7,11,13-15,17H,8-10H2,1-5H3/t11-,13+,14+,15+,17+,21+,22+,23+,24+/m1/s1. The average molecular weight is 505 g/mol. The monoisotopic (exact) mass is 504 g/mol. The Morgan fingerprint density at radius 2 is 1.85 bits per heavy atom. The van der Waals surface area contributed by atoms with Gasteiger partial charge in [-0.1, -0.05) is 26.8 Å². The van der Waals surface area contributed by atoms with Crippen LogP contribution in [0.4, 0.5) is 8.78 Å². The minimum absolute atomic E-state index is 0.148. The van der Waals surface area contributed by atoms with Crippen molar-refractivity contribution in [2.45, 2.75) is 69.0 Å². The number of fused-ring (bicyclic) bond motifs is 5. The molecule has 5 nitrogen and oxygen atoms in total. The van der Waals surface area contributed by atoms with Crippen LogP contribution in [-0.4, -0.2) is 46.9 Å². The first-order valence-corrected chi connectivity index (χ1v) is 11.9. The lowest BCUT2D eigenvalue weighted by Crippen LogP contribution is -2.69. The normalized spacial score (nSPS) is 48.6. The molecule has 0 heterocycles. The molecule has 0 bridgehead atoms. The van der Waals surface area contributed by atoms with Gasteiger partial charge in [-0.05, 0) is 37.2 Å². The molecule has 0 unspecified atom stereocenters. The molecule has 0 aromatic rings. The van der Waals surface area contributed by atoms with Crippen LogP contribution in [0.25, 0.3) is 0 Å². The van der Waals surface area contributed by atoms with Crippen molar-refractivity contribution >= 4 is 40.9 Å². The van der Waals surface area contributed by atoms with Crippen LogP contribution in [0, 0.1) is 28.6 Å². The Balaban J connectivity index is 1.91. The van der Waals surface area contributed by atoms with E-state index in [1.54, 1.807) is 13.8 Å². The van der Waals surface area contributed by atoms with E-state index < -0.39 is 68.2 Å². The predicted molar refractivity (Wildman–Crippen MR) is 118 cm³/mol. The van der Waals surface area contributed by atoms with Crippen molar-refractivity contribution in [1.29, 1.82) is 0 Å². The molecule has 0 N–H and O–H groups in total. The molecule has 9 heteroatoms. The van der Waals surface area contributed by atoms with Crippen molar-refractivity contribution in [3.63, 3.8) is 0 Å². The largest absolute Gasteiger partial charge is 0.466 e. The zero-order valence-corrected chi connectivity index (χ0v) is 20.7. The Hall–Kier alpha value is -1.47. The third-order valence-corrected chi connectivity index (χ3v) is 10.5. The number of methoxy groups -OCH3 is 1. The highest BCUT2D eigenvalue weighted by molar-refractivity contribution is 6.34. The summed E-state index contributed by atoms with van der Waals surface area (Å²) in [6, 6.07) is 0. The van der Waals surface area contributed by atoms with Gasteiger partial charge in [0.2, 0.25) is 11.4 Å². The molecule has 3 fully saturated rings. The van der Waals surface area contributed by atoms with E-state index in [-0.39, 0.29) is 24.3 Å². The lowest BCUT2D eigenvalue weighted by Gasteiger charge is -2.64. The van der Waals surface area contributed by atoms with Crippen LogP contribution >= 0.6 is 23.2 Å². The summed E-state index contributed by atoms with van der Waals surface area (Å²) in [6.45, 7) is 6.45. The van der Waals surface area contributed by atoms with Crippen molar-refractivity contribution in [2.24, 2.45) is 28.6 Å². The number of rotatable bonds is 2. The maximum absolute atomic E-state index is 15.6. The van der Waals surface area contributed by atoms with Crippen LogP contribution in [0.15, 0.2) is 23.6 Å². The molecule has 33 heavy (non-hydrogen) atoms. The number of ether oxygens (including phenoxy) is 2. The first kappa shape index (κ1) is 24.6. The quantitative estimate of drug-likeness (QED) is 0.397. The van der Waals surface area contributed by atoms with Crippen molar-refractivity contribution < 1.29 is 32.6 Å². The first-order valence-electron chi connectivity index (χ1n) is 11.1. The SMILES string of the molecule is COC(=O)[C@@]1(OC(C)=O)[C@H](C)C[C@H]2[C@@H]3C[C@H](F)C4=C(F)C(=O)C=C[C@]4(C)[C@@]3(Cl)[C@@H](Cl)C[C@@]21C. The zero-order chi connectivity index (χ0) is 24.7. The second kappa shape index (κ2) is 7.51. The molecule has 4 rings (SSSR count). The molecular weight excluding hydrogens is 477 g/mol. The van der Waals surface area contributed by atoms with E-state index in [9.17, 15) is 18.8 Å². The molecule has 0 aliphatic heterocycles. The van der Waals surface area contributed by atoms with Crippen LogP contribution < -0.4 is 0 Å². The van der Waals surface area contributed by atoms with Gasteiger partial charge in [0, 0.05) is 29.2 Å². The van der Waals surface area contributed by atoms with Crippen LogP contribution in [-0.2, 0) is 23.9 Å². The Kier molecular flexibility index (Phi) is 5.61. The summed E-state index contributed by atoms with van der Waals surface area (Å²) < 4.78 is 41.4. The molecule has 182 valence electrons. The van der Waals surface area contributed by atoms with Gasteiger partial charge in [-0.25, -0.2) is 13.6 Å². The van der Waals surface area contributed by atoms with E-state index in [4.69, 9.17) is 32.7 Å². The molecule has 0 spiro atoms. The van der Waals surface area contributed by atoms with Gasteiger partial charge in [0.25, 0.3) is 0 Å². The average Bonchev–Trinajstić information content (AvgIpc) is 2.94. The highest BCUT2D eigenvalue weighted by atomic mass is 35.5. The number of halogens is 4. The van der Waals surface area contributed by atoms with Gasteiger partial charge in [0.1, 0.15) is 6.17 Å². The van der Waals surface area contributed by atoms with Crippen LogP contribution in [0.2, 0.25) is 0 Å². The summed E-state index contributed by atoms with van der Waals surface area (Å²) in [5.41, 5.74) is -4.22. The Morgan fingerprint density at radius 3 is 2.42 bits per heavy atom. The van der Waals surface area contributed by atoms with Crippen molar-refractivity contribution in [2.75, 3.05) is 7.11 Å². The van der Waals surface area contributed by atoms with Gasteiger partial charge < -0.3 is 9.47 Å². The molecule has 0 saturated heterocycles. The fourth-order valence-electron chi connectivity index (χ4n) is 7.62. The molecule has 0 aromatic carbocycles. The number of alkyl halides is 3. The summed E-state index contributed by atoms with van der Waals surface area (Å²) >= 11 is 14.3. The Bertz CT molecular complexity index is 997. The van der Waals surface area contributed by atoms with Crippen LogP contribution in [0.5, 0.6) is 0 Å². The third-order valence-electron chi connectivity index (χ3n) is 9.00. The molecule has 4 aliphatic rings. The minimum Gasteiger partial charge on any atom is -0.466 e. The van der Waals surface area contributed by atoms with Gasteiger partial charge in [-0.2, -0.15) is 0 Å². The Labute approximate surface area is 201 Å². The maximum Gasteiger partial charge on any atom is 0.351 e. The number of esters is 2. The summed E-state index contributed by atoms with van der Waals surface area (Å²) in [4.78, 5) is 36.0. The summed E-state index contributed by atoms with van der Waals surface area (Å²) in [5, 5.41) is -0.853. The second-order valence-corrected chi connectivity index (χ2v) is 11.5. The molecule has 4 aliphatic carbocycles. The molecule has 0 amide bonds. The highest BCUT2D eigenvalue weighted by Crippen LogP contribution is 2.73. The summed E-state index contributed by atoms with van der Waals surface area (Å²) in [7, 11) is 1.23. The van der Waals surface area contributed by atoms with Gasteiger partial charge >= 0.3 is 11.9 Å². The number of carbonyl (C=O) groups excluding carboxylic acids is 3. The number of ketones is 1. The number of carbonyl (C=O) groups is 3. The van der Waals surface area contributed by atoms with E-state index in [1.165, 1.54) is 20.1 Å². The maximum atomic E-state index is 15.6. The van der Waals surface area contributed by atoms with Gasteiger partial charge in [-0.15, -0.1) is 23.2 Å². The Morgan fingerprint density at radius 1 is 1.21 bits per heavy atom. The fraction of sp³-hybridized carbons (Fsp3) is 0.708. The lowest BCUT2D eigenvalue weighted by atomic mass is 9.46. The number of allylic oxidation sites excluding steroid dienone is 4. The number of hydrogen-bond donors (Lipinski definition) is 0. The van der Waals surface area contributed by atoms with E-state index in [0.29, 0.717) is 6.42 Å².